The number of aliphatic hydroxyl groups excluding tert-OH is 1. The average Bonchev–Trinajstić information content (AvgIpc) is 3.01. The lowest BCUT2D eigenvalue weighted by Crippen LogP contribution is -2.49. The van der Waals surface area contributed by atoms with Gasteiger partial charge in [-0.3, -0.25) is 4.90 Å². The summed E-state index contributed by atoms with van der Waals surface area (Å²) < 4.78 is 28.9. The molecule has 2 unspecified atom stereocenters. The fourth-order valence-electron chi connectivity index (χ4n) is 4.20. The van der Waals surface area contributed by atoms with Crippen molar-refractivity contribution < 1.29 is 13.9 Å². The van der Waals surface area contributed by atoms with Gasteiger partial charge in [-0.15, -0.1) is 0 Å². The van der Waals surface area contributed by atoms with E-state index in [-0.39, 0.29) is 18.2 Å². The van der Waals surface area contributed by atoms with Gasteiger partial charge in [-0.05, 0) is 37.1 Å². The summed E-state index contributed by atoms with van der Waals surface area (Å²) in [6.45, 7) is 1.53. The van der Waals surface area contributed by atoms with E-state index < -0.39 is 28.6 Å². The molecular weight excluding hydrogens is 485 g/mol. The summed E-state index contributed by atoms with van der Waals surface area (Å²) in [6.07, 6.45) is 0.658. The number of para-hydroxylation sites is 1. The monoisotopic (exact) mass is 502 g/mol. The van der Waals surface area contributed by atoms with Crippen molar-refractivity contribution in [1.82, 2.24) is 9.88 Å². The minimum absolute atomic E-state index is 0.0438. The molecule has 2 aromatic carbocycles. The molecule has 1 aromatic heterocycles. The Bertz CT molecular complexity index is 1050. The van der Waals surface area contributed by atoms with Crippen molar-refractivity contribution in [3.8, 4) is 0 Å². The van der Waals surface area contributed by atoms with E-state index in [9.17, 15) is 5.11 Å². The largest absolute Gasteiger partial charge is 0.393 e. The third-order valence-corrected chi connectivity index (χ3v) is 6.42. The van der Waals surface area contributed by atoms with E-state index in [2.05, 4.69) is 20.9 Å². The predicted molar refractivity (Wildman–Crippen MR) is 116 cm³/mol. The number of benzene rings is 2. The average molecular weight is 504 g/mol. The van der Waals surface area contributed by atoms with Gasteiger partial charge in [-0.1, -0.05) is 57.3 Å². The zero-order valence-electron chi connectivity index (χ0n) is 15.5. The van der Waals surface area contributed by atoms with Gasteiger partial charge in [0.1, 0.15) is 11.6 Å². The Balaban J connectivity index is 1.96. The van der Waals surface area contributed by atoms with E-state index in [4.69, 9.17) is 23.2 Å². The van der Waals surface area contributed by atoms with Crippen LogP contribution in [0.4, 0.5) is 8.78 Å². The smallest absolute Gasteiger partial charge is 0.153 e. The second-order valence-electron chi connectivity index (χ2n) is 7.49. The molecule has 2 heterocycles. The van der Waals surface area contributed by atoms with Crippen molar-refractivity contribution in [3.05, 3.63) is 69.3 Å². The van der Waals surface area contributed by atoms with Crippen molar-refractivity contribution in [2.45, 2.75) is 29.8 Å². The quantitative estimate of drug-likeness (QED) is 0.447. The van der Waals surface area contributed by atoms with Crippen LogP contribution in [0, 0.1) is 11.6 Å². The normalized spacial score (nSPS) is 20.2. The van der Waals surface area contributed by atoms with E-state index >= 15 is 8.78 Å². The van der Waals surface area contributed by atoms with Crippen molar-refractivity contribution in [2.24, 2.45) is 0 Å². The van der Waals surface area contributed by atoms with Crippen LogP contribution in [0.2, 0.25) is 0 Å². The topological polar surface area (TPSA) is 39.3 Å². The molecule has 4 rings (SSSR count). The van der Waals surface area contributed by atoms with E-state index in [1.54, 1.807) is 0 Å². The molecule has 0 saturated heterocycles. The van der Waals surface area contributed by atoms with Crippen LogP contribution in [-0.2, 0) is 6.42 Å². The molecule has 1 aliphatic rings. The first kappa shape index (κ1) is 21.1. The van der Waals surface area contributed by atoms with Crippen molar-refractivity contribution in [3.63, 3.8) is 0 Å². The molecule has 0 aliphatic carbocycles. The van der Waals surface area contributed by atoms with Gasteiger partial charge in [0.2, 0.25) is 0 Å². The number of aromatic nitrogens is 1. The molecule has 2 atom stereocenters. The van der Waals surface area contributed by atoms with Crippen LogP contribution in [0.5, 0.6) is 0 Å². The predicted octanol–water partition coefficient (Wildman–Crippen LogP) is 5.71. The van der Waals surface area contributed by atoms with Crippen molar-refractivity contribution >= 4 is 50.0 Å². The number of nitrogens with zero attached hydrogens (tertiary/aromatic N) is 1. The number of nitrogens with one attached hydrogen (secondary N) is 1. The maximum atomic E-state index is 15.0. The number of aromatic amines is 1. The minimum Gasteiger partial charge on any atom is -0.393 e. The Kier molecular flexibility index (Phi) is 5.68. The Morgan fingerprint density at radius 1 is 1.24 bits per heavy atom. The number of hydrogen-bond acceptors (Lipinski definition) is 2. The Morgan fingerprint density at radius 3 is 2.55 bits per heavy atom. The summed E-state index contributed by atoms with van der Waals surface area (Å²) in [7, 11) is 0. The summed E-state index contributed by atoms with van der Waals surface area (Å²) in [6, 6.07) is 9.41. The van der Waals surface area contributed by atoms with Crippen LogP contribution in [0.1, 0.15) is 29.8 Å². The van der Waals surface area contributed by atoms with Gasteiger partial charge in [0.05, 0.1) is 12.6 Å². The first-order valence-electron chi connectivity index (χ1n) is 9.20. The molecule has 29 heavy (non-hydrogen) atoms. The Labute approximate surface area is 185 Å². The summed E-state index contributed by atoms with van der Waals surface area (Å²) >= 11 is 15.6. The molecule has 0 spiro atoms. The lowest BCUT2D eigenvalue weighted by atomic mass is 9.88. The highest BCUT2D eigenvalue weighted by atomic mass is 79.9. The van der Waals surface area contributed by atoms with Gasteiger partial charge >= 0.3 is 0 Å². The molecule has 3 aromatic rings. The van der Waals surface area contributed by atoms with E-state index in [0.29, 0.717) is 16.6 Å². The van der Waals surface area contributed by atoms with Crippen LogP contribution in [0.3, 0.4) is 0 Å². The molecule has 1 aliphatic heterocycles. The van der Waals surface area contributed by atoms with E-state index in [0.717, 1.165) is 16.5 Å². The highest BCUT2D eigenvalue weighted by molar-refractivity contribution is 9.10. The molecule has 0 bridgehead atoms. The molecule has 0 fully saturated rings. The molecule has 8 heteroatoms. The molecule has 2 N–H and O–H groups in total. The van der Waals surface area contributed by atoms with Gasteiger partial charge in [0, 0.05) is 39.2 Å². The van der Waals surface area contributed by atoms with Gasteiger partial charge in [-0.2, -0.15) is 0 Å². The van der Waals surface area contributed by atoms with Gasteiger partial charge in [0.15, 0.2) is 4.33 Å². The highest BCUT2D eigenvalue weighted by Gasteiger charge is 2.41. The number of hydrogen-bond donors (Lipinski definition) is 2. The number of alkyl halides is 2. The third kappa shape index (κ3) is 3.81. The minimum atomic E-state index is -1.46. The van der Waals surface area contributed by atoms with Gasteiger partial charge in [0.25, 0.3) is 0 Å². The fraction of sp³-hybridized carbons (Fsp3) is 0.333. The Hall–Kier alpha value is -1.18. The second-order valence-corrected chi connectivity index (χ2v) is 10.0. The fourth-order valence-corrected chi connectivity index (χ4v) is 4.87. The van der Waals surface area contributed by atoms with Crippen LogP contribution in [0.25, 0.3) is 10.9 Å². The van der Waals surface area contributed by atoms with Crippen LogP contribution in [0.15, 0.2) is 40.9 Å². The number of halogens is 5. The number of H-pyrrole nitrogens is 1. The molecule has 3 nitrogen and oxygen atoms in total. The summed E-state index contributed by atoms with van der Waals surface area (Å²) in [5.41, 5.74) is 2.57. The molecular formula is C21H19BrCl2F2N2O. The maximum absolute atomic E-state index is 15.0. The van der Waals surface area contributed by atoms with Crippen molar-refractivity contribution in [2.75, 3.05) is 13.2 Å². The summed E-state index contributed by atoms with van der Waals surface area (Å²) in [4.78, 5) is 5.20. The van der Waals surface area contributed by atoms with Crippen LogP contribution < -0.4 is 0 Å². The van der Waals surface area contributed by atoms with Gasteiger partial charge in [-0.25, -0.2) is 8.78 Å². The van der Waals surface area contributed by atoms with Crippen LogP contribution in [-0.4, -0.2) is 38.5 Å². The zero-order chi connectivity index (χ0) is 20.9. The lowest BCUT2D eigenvalue weighted by molar-refractivity contribution is 0.124. The second kappa shape index (κ2) is 7.82. The third-order valence-electron chi connectivity index (χ3n) is 5.48. The first-order chi connectivity index (χ1) is 13.7. The molecule has 0 radical (unpaired) electrons. The summed E-state index contributed by atoms with van der Waals surface area (Å²) in [5.74, 6) is -1.33. The van der Waals surface area contributed by atoms with E-state index in [1.165, 1.54) is 12.1 Å². The van der Waals surface area contributed by atoms with Crippen molar-refractivity contribution in [1.29, 1.82) is 0 Å². The lowest BCUT2D eigenvalue weighted by Gasteiger charge is -2.43. The number of fused-ring (bicyclic) bond motifs is 3. The first-order valence-corrected chi connectivity index (χ1v) is 10.7. The Morgan fingerprint density at radius 2 is 1.90 bits per heavy atom. The zero-order valence-corrected chi connectivity index (χ0v) is 18.6. The number of aliphatic hydroxyl groups is 1. The van der Waals surface area contributed by atoms with Gasteiger partial charge < -0.3 is 10.1 Å². The SMILES string of the molecule is CC1Cc2c([nH]c3ccccc23)C(c2c(F)cc(Br)cc2F)N1CC(Cl)(Cl)CO. The number of rotatable bonds is 4. The van der Waals surface area contributed by atoms with E-state index in [1.807, 2.05) is 36.1 Å². The standard InChI is InChI=1S/C21H19BrCl2F2N2O/c1-11-6-14-13-4-2-3-5-17(13)27-19(14)20(28(11)9-21(23,24)10-29)18-15(25)7-12(22)8-16(18)26/h2-5,7-8,11,20,27,29H,6,9-10H2,1H3. The molecule has 0 saturated carbocycles. The highest BCUT2D eigenvalue weighted by Crippen LogP contribution is 2.44. The summed E-state index contributed by atoms with van der Waals surface area (Å²) in [5, 5.41) is 10.6. The molecule has 154 valence electrons. The van der Waals surface area contributed by atoms with Crippen LogP contribution >= 0.6 is 39.1 Å². The molecule has 0 amide bonds. The maximum Gasteiger partial charge on any atom is 0.153 e.